The Balaban J connectivity index is 0.00000142. The van der Waals surface area contributed by atoms with Crippen molar-refractivity contribution in [3.05, 3.63) is 11.9 Å². The molecule has 1 spiro atoms. The van der Waals surface area contributed by atoms with Gasteiger partial charge >= 0.3 is 5.97 Å². The third-order valence-corrected chi connectivity index (χ3v) is 5.51. The second kappa shape index (κ2) is 13.1. The number of cyclic esters (lactones) is 1. The van der Waals surface area contributed by atoms with Gasteiger partial charge < -0.3 is 25.7 Å². The number of nitrogens with zero attached hydrogens (tertiary/aromatic N) is 2. The van der Waals surface area contributed by atoms with Gasteiger partial charge in [-0.3, -0.25) is 15.0 Å². The molecular formula is C21H45N5O4. The molecule has 0 bridgehead atoms. The van der Waals surface area contributed by atoms with Gasteiger partial charge in [0.15, 0.2) is 6.35 Å². The Labute approximate surface area is 183 Å². The maximum Gasteiger partial charge on any atom is 0.320 e. The van der Waals surface area contributed by atoms with Crippen LogP contribution in [0.3, 0.4) is 0 Å². The number of nitrogens with one attached hydrogen (secondary N) is 3. The van der Waals surface area contributed by atoms with E-state index < -0.39 is 0 Å². The van der Waals surface area contributed by atoms with Gasteiger partial charge in [-0.05, 0) is 25.7 Å². The molecule has 2 unspecified atom stereocenters. The normalized spacial score (nSPS) is 25.9. The molecule has 0 aromatic carbocycles. The standard InChI is InChI=1S/C17H29N5O3.2C2H6.H2O.H2/c1-2-3-9-24-16-18-10-13-15(19-16)22(20-13)8-4-7-21-11-14(23)25-12-17(21)5-6-17;2*1-2;;/h10,15-16,18-20H,2-9,11-12H2,1H3;2*1-2H3;1H2;1H. The molecule has 0 radical (unpaired) electrons. The van der Waals surface area contributed by atoms with Crippen molar-refractivity contribution < 1.29 is 21.2 Å². The number of hydrazine groups is 1. The van der Waals surface area contributed by atoms with Crippen molar-refractivity contribution in [1.82, 2.24) is 26.0 Å². The highest BCUT2D eigenvalue weighted by atomic mass is 16.5. The Morgan fingerprint density at radius 3 is 2.63 bits per heavy atom. The third kappa shape index (κ3) is 6.55. The van der Waals surface area contributed by atoms with Gasteiger partial charge in [-0.2, -0.15) is 0 Å². The maximum absolute atomic E-state index is 11.6. The van der Waals surface area contributed by atoms with Gasteiger partial charge in [0.2, 0.25) is 0 Å². The molecule has 2 saturated heterocycles. The zero-order chi connectivity index (χ0) is 21.3. The topological polar surface area (TPSA) is 110 Å². The van der Waals surface area contributed by atoms with Crippen LogP contribution in [-0.2, 0) is 14.3 Å². The van der Waals surface area contributed by atoms with E-state index >= 15 is 0 Å². The maximum atomic E-state index is 11.6. The molecule has 0 aromatic heterocycles. The molecule has 3 heterocycles. The zero-order valence-electron chi connectivity index (χ0n) is 19.4. The summed E-state index contributed by atoms with van der Waals surface area (Å²) < 4.78 is 11.0. The van der Waals surface area contributed by atoms with Gasteiger partial charge in [-0.25, -0.2) is 5.01 Å². The van der Waals surface area contributed by atoms with E-state index in [2.05, 4.69) is 32.9 Å². The van der Waals surface area contributed by atoms with E-state index in [9.17, 15) is 4.79 Å². The summed E-state index contributed by atoms with van der Waals surface area (Å²) in [6.07, 6.45) is 7.59. The minimum absolute atomic E-state index is 0. The largest absolute Gasteiger partial charge is 0.463 e. The highest BCUT2D eigenvalue weighted by Crippen LogP contribution is 2.43. The number of carbonyl (C=O) groups excluding carboxylic acids is 1. The van der Waals surface area contributed by atoms with Gasteiger partial charge in [-0.1, -0.05) is 41.0 Å². The van der Waals surface area contributed by atoms with E-state index in [1.54, 1.807) is 0 Å². The number of carbonyl (C=O) groups is 1. The average Bonchev–Trinajstić information content (AvgIpc) is 3.53. The van der Waals surface area contributed by atoms with Gasteiger partial charge in [0, 0.05) is 20.7 Å². The summed E-state index contributed by atoms with van der Waals surface area (Å²) in [5, 5.41) is 8.88. The highest BCUT2D eigenvalue weighted by Gasteiger charge is 2.52. The molecule has 30 heavy (non-hydrogen) atoms. The number of rotatable bonds is 8. The number of morpholine rings is 1. The minimum atomic E-state index is -0.128. The molecule has 0 amide bonds. The zero-order valence-corrected chi connectivity index (χ0v) is 19.4. The summed E-state index contributed by atoms with van der Waals surface area (Å²) in [5.74, 6) is -0.0862. The number of hydrogen-bond donors (Lipinski definition) is 3. The van der Waals surface area contributed by atoms with E-state index in [0.29, 0.717) is 13.2 Å². The fraction of sp³-hybridized carbons (Fsp3) is 0.857. The quantitative estimate of drug-likeness (QED) is 0.392. The lowest BCUT2D eigenvalue weighted by molar-refractivity contribution is -0.156. The van der Waals surface area contributed by atoms with Crippen LogP contribution in [-0.4, -0.2) is 72.3 Å². The van der Waals surface area contributed by atoms with Crippen LogP contribution in [0.15, 0.2) is 11.9 Å². The molecule has 5 N–H and O–H groups in total. The number of unbranched alkanes of at least 4 members (excludes halogenated alkanes) is 1. The van der Waals surface area contributed by atoms with Crippen molar-refractivity contribution in [3.63, 3.8) is 0 Å². The molecule has 3 aliphatic heterocycles. The van der Waals surface area contributed by atoms with E-state index in [0.717, 1.165) is 57.5 Å². The second-order valence-corrected chi connectivity index (χ2v) is 7.41. The van der Waals surface area contributed by atoms with Crippen LogP contribution < -0.4 is 16.1 Å². The van der Waals surface area contributed by atoms with Crippen molar-refractivity contribution in [1.29, 1.82) is 0 Å². The molecule has 3 fully saturated rings. The van der Waals surface area contributed by atoms with Gasteiger partial charge in [-0.15, -0.1) is 0 Å². The second-order valence-electron chi connectivity index (χ2n) is 7.41. The fourth-order valence-corrected chi connectivity index (χ4v) is 3.70. The van der Waals surface area contributed by atoms with E-state index in [1.165, 1.54) is 0 Å². The monoisotopic (exact) mass is 431 g/mol. The molecule has 4 rings (SSSR count). The molecule has 0 aromatic rings. The number of esters is 1. The first-order valence-corrected chi connectivity index (χ1v) is 11.5. The average molecular weight is 432 g/mol. The first kappa shape index (κ1) is 26.6. The van der Waals surface area contributed by atoms with Crippen LogP contribution in [0.4, 0.5) is 0 Å². The fourth-order valence-electron chi connectivity index (χ4n) is 3.70. The predicted molar refractivity (Wildman–Crippen MR) is 120 cm³/mol. The molecule has 4 aliphatic rings. The van der Waals surface area contributed by atoms with E-state index in [1.807, 2.05) is 33.9 Å². The Bertz CT molecular complexity index is 548. The highest BCUT2D eigenvalue weighted by molar-refractivity contribution is 5.73. The molecule has 2 atom stereocenters. The van der Waals surface area contributed by atoms with E-state index in [-0.39, 0.29) is 30.9 Å². The van der Waals surface area contributed by atoms with Crippen LogP contribution in [0.1, 0.15) is 68.1 Å². The van der Waals surface area contributed by atoms with Gasteiger partial charge in [0.05, 0.1) is 24.4 Å². The van der Waals surface area contributed by atoms with Crippen molar-refractivity contribution >= 4 is 5.97 Å². The first-order chi connectivity index (χ1) is 14.2. The van der Waals surface area contributed by atoms with Crippen LogP contribution >= 0.6 is 0 Å². The molecule has 178 valence electrons. The van der Waals surface area contributed by atoms with Crippen LogP contribution in [0, 0.1) is 0 Å². The van der Waals surface area contributed by atoms with Crippen molar-refractivity contribution in [2.45, 2.75) is 84.8 Å². The van der Waals surface area contributed by atoms with Crippen molar-refractivity contribution in [2.75, 3.05) is 32.8 Å². The number of ether oxygens (including phenoxy) is 2. The minimum Gasteiger partial charge on any atom is -0.463 e. The smallest absolute Gasteiger partial charge is 0.320 e. The van der Waals surface area contributed by atoms with Crippen molar-refractivity contribution in [3.8, 4) is 0 Å². The summed E-state index contributed by atoms with van der Waals surface area (Å²) in [5.41, 5.74) is 4.66. The summed E-state index contributed by atoms with van der Waals surface area (Å²) >= 11 is 0. The molecule has 9 heteroatoms. The Kier molecular flexibility index (Phi) is 11.6. The van der Waals surface area contributed by atoms with E-state index in [4.69, 9.17) is 9.47 Å². The SMILES string of the molecule is CC.CC.CCCCOC1NC=C2NN(CCCN3CC(=O)OCC34CC4)C2N1.O.[HH]. The Hall–Kier alpha value is -1.39. The van der Waals surface area contributed by atoms with Crippen molar-refractivity contribution in [2.24, 2.45) is 0 Å². The lowest BCUT2D eigenvalue weighted by Gasteiger charge is -2.49. The summed E-state index contributed by atoms with van der Waals surface area (Å²) in [4.78, 5) is 13.9. The summed E-state index contributed by atoms with van der Waals surface area (Å²) in [6, 6.07) is 0. The molecule has 1 saturated carbocycles. The lowest BCUT2D eigenvalue weighted by atomic mass is 10.1. The van der Waals surface area contributed by atoms with Crippen LogP contribution in [0.5, 0.6) is 0 Å². The number of hydrogen-bond acceptors (Lipinski definition) is 8. The third-order valence-electron chi connectivity index (χ3n) is 5.51. The van der Waals surface area contributed by atoms with Crippen LogP contribution in [0.2, 0.25) is 0 Å². The predicted octanol–water partition coefficient (Wildman–Crippen LogP) is 1.52. The van der Waals surface area contributed by atoms with Gasteiger partial charge in [0.25, 0.3) is 0 Å². The Morgan fingerprint density at radius 2 is 1.97 bits per heavy atom. The first-order valence-electron chi connectivity index (χ1n) is 11.5. The summed E-state index contributed by atoms with van der Waals surface area (Å²) in [7, 11) is 0. The number of fused-ring (bicyclic) bond motifs is 1. The lowest BCUT2D eigenvalue weighted by Crippen LogP contribution is -2.71. The molecular weight excluding hydrogens is 386 g/mol. The molecule has 1 aliphatic carbocycles. The van der Waals surface area contributed by atoms with Crippen LogP contribution in [0.25, 0.3) is 0 Å². The summed E-state index contributed by atoms with van der Waals surface area (Å²) in [6.45, 7) is 13.8. The van der Waals surface area contributed by atoms with Gasteiger partial charge in [0.1, 0.15) is 12.8 Å². The molecule has 9 nitrogen and oxygen atoms in total. The Morgan fingerprint density at radius 1 is 1.23 bits per heavy atom.